The van der Waals surface area contributed by atoms with Crippen molar-refractivity contribution in [3.63, 3.8) is 0 Å². The van der Waals surface area contributed by atoms with Crippen molar-refractivity contribution < 1.29 is 33.0 Å². The van der Waals surface area contributed by atoms with E-state index < -0.39 is 18.2 Å². The molecule has 2 unspecified atom stereocenters. The summed E-state index contributed by atoms with van der Waals surface area (Å²) in [7, 11) is 4.37. The normalized spacial score (nSPS) is 24.2. The van der Waals surface area contributed by atoms with Gasteiger partial charge >= 0.3 is 6.09 Å². The van der Waals surface area contributed by atoms with Gasteiger partial charge in [-0.3, -0.25) is 24.4 Å². The first-order chi connectivity index (χ1) is 26.6. The molecule has 3 aromatic rings. The Kier molecular flexibility index (Phi) is 11.4. The van der Waals surface area contributed by atoms with Crippen LogP contribution in [0.1, 0.15) is 75.6 Å². The van der Waals surface area contributed by atoms with Crippen LogP contribution in [0.3, 0.4) is 0 Å². The lowest BCUT2D eigenvalue weighted by Crippen LogP contribution is -2.59. The molecule has 2 aromatic carbocycles. The number of benzene rings is 2. The Morgan fingerprint density at radius 3 is 2.18 bits per heavy atom. The molecule has 1 aromatic heterocycles. The maximum absolute atomic E-state index is 13.9. The summed E-state index contributed by atoms with van der Waals surface area (Å²) in [5.74, 6) is 1.35. The van der Waals surface area contributed by atoms with Gasteiger partial charge in [-0.25, -0.2) is 4.79 Å². The molecule has 3 amide bonds. The van der Waals surface area contributed by atoms with E-state index >= 15 is 0 Å². The van der Waals surface area contributed by atoms with Gasteiger partial charge < -0.3 is 44.4 Å². The highest BCUT2D eigenvalue weighted by molar-refractivity contribution is 5.96. The van der Waals surface area contributed by atoms with Crippen molar-refractivity contribution in [1.29, 1.82) is 0 Å². The lowest BCUT2D eigenvalue weighted by atomic mass is 9.98. The van der Waals surface area contributed by atoms with Crippen LogP contribution in [-0.2, 0) is 23.8 Å². The number of fused-ring (bicyclic) bond motifs is 2. The van der Waals surface area contributed by atoms with Crippen LogP contribution in [0.4, 0.5) is 4.79 Å². The van der Waals surface area contributed by atoms with Gasteiger partial charge in [0, 0.05) is 27.3 Å². The number of carbonyl (C=O) groups excluding carboxylic acids is 3. The van der Waals surface area contributed by atoms with Gasteiger partial charge in [-0.1, -0.05) is 12.1 Å². The second-order valence-electron chi connectivity index (χ2n) is 14.9. The Morgan fingerprint density at radius 2 is 1.49 bits per heavy atom. The summed E-state index contributed by atoms with van der Waals surface area (Å²) in [5.41, 5.74) is 2.70. The zero-order valence-electron chi connectivity index (χ0n) is 32.1. The topological polar surface area (TPSA) is 176 Å². The number of nitrogens with zero attached hydrogens (tertiary/aromatic N) is 4. The van der Waals surface area contributed by atoms with Crippen molar-refractivity contribution in [1.82, 2.24) is 25.8 Å². The van der Waals surface area contributed by atoms with Crippen LogP contribution < -0.4 is 21.4 Å². The predicted molar refractivity (Wildman–Crippen MR) is 207 cm³/mol. The number of hydrogen-bond donors (Lipinski definition) is 3. The number of amidine groups is 2. The monoisotopic (exact) mass is 757 g/mol. The maximum Gasteiger partial charge on any atom is 0.407 e. The number of rotatable bonds is 11. The van der Waals surface area contributed by atoms with E-state index in [-0.39, 0.29) is 47.5 Å². The lowest BCUT2D eigenvalue weighted by Gasteiger charge is -2.39. The largest absolute Gasteiger partial charge is 0.456 e. The minimum Gasteiger partial charge on any atom is -0.456 e. The van der Waals surface area contributed by atoms with Crippen LogP contribution in [0.25, 0.3) is 21.9 Å². The van der Waals surface area contributed by atoms with Crippen molar-refractivity contribution in [2.45, 2.75) is 94.8 Å². The van der Waals surface area contributed by atoms with Gasteiger partial charge in [0.05, 0.1) is 73.8 Å². The summed E-state index contributed by atoms with van der Waals surface area (Å²) in [6.07, 6.45) is 3.20. The van der Waals surface area contributed by atoms with Crippen LogP contribution in [-0.4, -0.2) is 117 Å². The van der Waals surface area contributed by atoms with Crippen molar-refractivity contribution >= 4 is 51.5 Å². The number of carbonyl (C=O) groups is 3. The van der Waals surface area contributed by atoms with Crippen LogP contribution >= 0.6 is 0 Å². The first-order valence-electron chi connectivity index (χ1n) is 19.2. The zero-order chi connectivity index (χ0) is 38.8. The molecule has 5 heterocycles. The van der Waals surface area contributed by atoms with Gasteiger partial charge in [0.15, 0.2) is 0 Å². The Bertz CT molecular complexity index is 2070. The SMILES string of the molecule is COC(=O)N[C@H](C(=O)N1CCCC[C@H]1C1=NCC(c2ccc3oc4cc(C5CN=C([C@@H]6CCCN6C(=O)C[C@@H](C)OC)N5)ccc4c(=O)c3c2)N1)[C@@H](C)OC. The standard InChI is InChI=1S/C40H51N7O8/c1-22(52-3)17-34(48)46-16-8-10-30(46)37-41-21-29(44-37)25-11-13-26-33(19-25)55-32-14-12-24(18-27(32)36(26)49)28-20-42-38(43-28)31-9-6-7-15-47(31)39(50)35(23(2)53-4)45-40(51)54-5/h11-14,18-19,22-23,28-31,35H,6-10,15-17,20-21H2,1-5H3,(H,41,44)(H,42,43)(H,45,51)/t22-,23-,28?,29?,30+,31+,35+/m1/s1. The van der Waals surface area contributed by atoms with E-state index in [0.29, 0.717) is 60.4 Å². The van der Waals surface area contributed by atoms with Gasteiger partial charge in [0.25, 0.3) is 0 Å². The summed E-state index contributed by atoms with van der Waals surface area (Å²) in [5, 5.41) is 10.7. The first-order valence-corrected chi connectivity index (χ1v) is 19.2. The van der Waals surface area contributed by atoms with Crippen molar-refractivity contribution in [2.24, 2.45) is 9.98 Å². The fraction of sp³-hybridized carbons (Fsp3) is 0.550. The number of methoxy groups -OCH3 is 3. The van der Waals surface area contributed by atoms with E-state index in [2.05, 4.69) is 16.0 Å². The number of ether oxygens (including phenoxy) is 3. The number of piperidine rings is 1. The number of hydrogen-bond acceptors (Lipinski definition) is 12. The second kappa shape index (κ2) is 16.4. The van der Waals surface area contributed by atoms with Crippen molar-refractivity contribution in [2.75, 3.05) is 47.5 Å². The molecule has 0 saturated carbocycles. The van der Waals surface area contributed by atoms with E-state index in [4.69, 9.17) is 28.6 Å². The zero-order valence-corrected chi connectivity index (χ0v) is 32.1. The smallest absolute Gasteiger partial charge is 0.407 e. The summed E-state index contributed by atoms with van der Waals surface area (Å²) < 4.78 is 21.9. The van der Waals surface area contributed by atoms with Crippen LogP contribution in [0, 0.1) is 0 Å². The molecular formula is C40H51N7O8. The number of likely N-dealkylation sites (tertiary alicyclic amines) is 2. The molecule has 15 heteroatoms. The molecule has 15 nitrogen and oxygen atoms in total. The number of nitrogens with one attached hydrogen (secondary N) is 3. The summed E-state index contributed by atoms with van der Waals surface area (Å²) in [6.45, 7) is 5.83. The Labute approximate surface area is 319 Å². The van der Waals surface area contributed by atoms with Crippen LogP contribution in [0.5, 0.6) is 0 Å². The number of amides is 3. The highest BCUT2D eigenvalue weighted by Crippen LogP contribution is 2.30. The lowest BCUT2D eigenvalue weighted by molar-refractivity contribution is -0.138. The minimum atomic E-state index is -0.919. The van der Waals surface area contributed by atoms with Gasteiger partial charge in [-0.15, -0.1) is 0 Å². The molecule has 2 saturated heterocycles. The van der Waals surface area contributed by atoms with E-state index in [1.165, 1.54) is 14.2 Å². The van der Waals surface area contributed by atoms with E-state index in [0.717, 1.165) is 49.1 Å². The number of aliphatic imine (C=N–C) groups is 2. The van der Waals surface area contributed by atoms with Crippen molar-refractivity contribution in [3.05, 3.63) is 57.7 Å². The first kappa shape index (κ1) is 38.3. The molecule has 2 fully saturated rings. The molecule has 0 spiro atoms. The van der Waals surface area contributed by atoms with Crippen LogP contribution in [0.2, 0.25) is 0 Å². The van der Waals surface area contributed by atoms with E-state index in [1.54, 1.807) is 18.9 Å². The summed E-state index contributed by atoms with van der Waals surface area (Å²) >= 11 is 0. The van der Waals surface area contributed by atoms with Crippen molar-refractivity contribution in [3.8, 4) is 0 Å². The molecule has 7 rings (SSSR count). The third-order valence-electron chi connectivity index (χ3n) is 11.5. The Morgan fingerprint density at radius 1 is 0.836 bits per heavy atom. The Hall–Kier alpha value is -5.02. The van der Waals surface area contributed by atoms with Crippen LogP contribution in [0.15, 0.2) is 55.6 Å². The van der Waals surface area contributed by atoms with Gasteiger partial charge in [-0.2, -0.15) is 0 Å². The summed E-state index contributed by atoms with van der Waals surface area (Å²) in [6, 6.07) is 9.71. The molecule has 0 aliphatic carbocycles. The average Bonchev–Trinajstić information content (AvgIpc) is 4.01. The molecule has 55 heavy (non-hydrogen) atoms. The fourth-order valence-corrected chi connectivity index (χ4v) is 8.18. The third-order valence-corrected chi connectivity index (χ3v) is 11.5. The fourth-order valence-electron chi connectivity index (χ4n) is 8.18. The highest BCUT2D eigenvalue weighted by Gasteiger charge is 2.40. The molecule has 0 radical (unpaired) electrons. The van der Waals surface area contributed by atoms with E-state index in [9.17, 15) is 19.2 Å². The Balaban J connectivity index is 1.04. The molecule has 3 N–H and O–H groups in total. The average molecular weight is 758 g/mol. The third kappa shape index (κ3) is 7.77. The molecule has 4 aliphatic rings. The number of alkyl carbamates (subject to hydrolysis) is 1. The second-order valence-corrected chi connectivity index (χ2v) is 14.9. The maximum atomic E-state index is 13.9. The molecular weight excluding hydrogens is 706 g/mol. The van der Waals surface area contributed by atoms with Gasteiger partial charge in [-0.05, 0) is 81.3 Å². The molecule has 4 aliphatic heterocycles. The quantitative estimate of drug-likeness (QED) is 0.245. The predicted octanol–water partition coefficient (Wildman–Crippen LogP) is 3.59. The molecule has 294 valence electrons. The minimum absolute atomic E-state index is 0.0734. The summed E-state index contributed by atoms with van der Waals surface area (Å²) in [4.78, 5) is 66.1. The van der Waals surface area contributed by atoms with E-state index in [1.807, 2.05) is 48.2 Å². The molecule has 0 bridgehead atoms. The van der Waals surface area contributed by atoms with Gasteiger partial charge in [0.1, 0.15) is 28.9 Å². The molecule has 7 atom stereocenters. The van der Waals surface area contributed by atoms with Gasteiger partial charge in [0.2, 0.25) is 17.2 Å². The highest BCUT2D eigenvalue weighted by atomic mass is 16.5.